The molecule has 0 bridgehead atoms. The Hall–Kier alpha value is -2.31. The lowest BCUT2D eigenvalue weighted by molar-refractivity contribution is -0.125. The second-order valence-electron chi connectivity index (χ2n) is 9.81. The van der Waals surface area contributed by atoms with Crippen molar-refractivity contribution in [1.29, 1.82) is 0 Å². The Labute approximate surface area is 171 Å². The quantitative estimate of drug-likeness (QED) is 0.812. The lowest BCUT2D eigenvalue weighted by Crippen LogP contribution is -2.49. The number of ether oxygens (including phenoxy) is 2. The van der Waals surface area contributed by atoms with Gasteiger partial charge in [0.1, 0.15) is 23.8 Å². The van der Waals surface area contributed by atoms with E-state index in [-0.39, 0.29) is 42.2 Å². The zero-order valence-electron chi connectivity index (χ0n) is 18.0. The molecule has 1 heterocycles. The molecular weight excluding hydrogens is 375 g/mol. The summed E-state index contributed by atoms with van der Waals surface area (Å²) in [7, 11) is 0. The zero-order valence-corrected chi connectivity index (χ0v) is 18.0. The van der Waals surface area contributed by atoms with Gasteiger partial charge >= 0.3 is 6.09 Å². The van der Waals surface area contributed by atoms with Gasteiger partial charge < -0.3 is 19.7 Å². The molecule has 1 aromatic rings. The van der Waals surface area contributed by atoms with Crippen LogP contribution in [0.4, 0.5) is 9.18 Å². The predicted molar refractivity (Wildman–Crippen MR) is 107 cm³/mol. The molecule has 2 amide bonds. The van der Waals surface area contributed by atoms with Gasteiger partial charge in [0.05, 0.1) is 5.54 Å². The molecule has 0 radical (unpaired) electrons. The van der Waals surface area contributed by atoms with Crippen LogP contribution in [0.2, 0.25) is 0 Å². The highest BCUT2D eigenvalue weighted by molar-refractivity contribution is 5.84. The molecule has 3 atom stereocenters. The Kier molecular flexibility index (Phi) is 5.54. The average molecular weight is 406 g/mol. The number of hydrogen-bond acceptors (Lipinski definition) is 4. The number of halogens is 1. The first kappa shape index (κ1) is 21.4. The van der Waals surface area contributed by atoms with Crippen LogP contribution in [0.15, 0.2) is 18.2 Å². The topological polar surface area (TPSA) is 67.9 Å². The molecule has 2 fully saturated rings. The molecule has 1 N–H and O–H groups in total. The largest absolute Gasteiger partial charge is 0.491 e. The molecule has 29 heavy (non-hydrogen) atoms. The Morgan fingerprint density at radius 1 is 1.17 bits per heavy atom. The molecule has 0 aromatic heterocycles. The predicted octanol–water partition coefficient (Wildman–Crippen LogP) is 3.52. The van der Waals surface area contributed by atoms with Gasteiger partial charge in [-0.2, -0.15) is 0 Å². The van der Waals surface area contributed by atoms with E-state index in [2.05, 4.69) is 5.32 Å². The number of rotatable bonds is 5. The van der Waals surface area contributed by atoms with Gasteiger partial charge in [-0.15, -0.1) is 0 Å². The van der Waals surface area contributed by atoms with Gasteiger partial charge in [-0.25, -0.2) is 9.18 Å². The number of carbonyl (C=O) groups excluding carboxylic acids is 2. The average Bonchev–Trinajstić information content (AvgIpc) is 3.06. The summed E-state index contributed by atoms with van der Waals surface area (Å²) in [4.78, 5) is 26.6. The van der Waals surface area contributed by atoms with Crippen LogP contribution in [-0.2, 0) is 9.53 Å². The third-order valence-electron chi connectivity index (χ3n) is 5.34. The van der Waals surface area contributed by atoms with Gasteiger partial charge in [-0.3, -0.25) is 4.79 Å². The Morgan fingerprint density at radius 3 is 2.34 bits per heavy atom. The van der Waals surface area contributed by atoms with Crippen LogP contribution in [0.5, 0.6) is 5.75 Å². The first-order chi connectivity index (χ1) is 13.4. The maximum atomic E-state index is 13.2. The van der Waals surface area contributed by atoms with Crippen molar-refractivity contribution in [2.45, 2.75) is 52.7 Å². The normalized spacial score (nSPS) is 23.4. The van der Waals surface area contributed by atoms with E-state index in [9.17, 15) is 14.0 Å². The van der Waals surface area contributed by atoms with Crippen molar-refractivity contribution in [3.05, 3.63) is 29.6 Å². The van der Waals surface area contributed by atoms with Crippen LogP contribution in [-0.4, -0.2) is 47.7 Å². The fourth-order valence-electron chi connectivity index (χ4n) is 3.88. The summed E-state index contributed by atoms with van der Waals surface area (Å²) in [6, 6.07) is 4.37. The summed E-state index contributed by atoms with van der Waals surface area (Å²) in [5.41, 5.74) is -0.376. The third-order valence-corrected chi connectivity index (χ3v) is 5.34. The maximum Gasteiger partial charge on any atom is 0.410 e. The Morgan fingerprint density at radius 2 is 1.79 bits per heavy atom. The summed E-state index contributed by atoms with van der Waals surface area (Å²) in [5, 5.41) is 3.06. The van der Waals surface area contributed by atoms with E-state index in [1.165, 1.54) is 12.1 Å². The summed E-state index contributed by atoms with van der Waals surface area (Å²) in [5.74, 6) is 0.610. The number of benzene rings is 1. The van der Waals surface area contributed by atoms with Crippen molar-refractivity contribution in [1.82, 2.24) is 10.2 Å². The summed E-state index contributed by atoms with van der Waals surface area (Å²) in [6.45, 7) is 12.5. The third kappa shape index (κ3) is 5.19. The number of carbonyl (C=O) groups is 2. The number of amides is 2. The van der Waals surface area contributed by atoms with Crippen molar-refractivity contribution < 1.29 is 23.5 Å². The van der Waals surface area contributed by atoms with Crippen LogP contribution in [0.25, 0.3) is 0 Å². The summed E-state index contributed by atoms with van der Waals surface area (Å²) >= 11 is 0. The molecule has 1 saturated carbocycles. The Balaban J connectivity index is 1.47. The van der Waals surface area contributed by atoms with E-state index >= 15 is 0 Å². The standard InChI is InChI=1S/C22H31FN2O4/c1-13-9-14(23)7-8-17(13)28-12-22(5,6)24-19(26)18-15-10-25(11-16(15)18)20(27)29-21(2,3)4/h7-9,15-16,18H,10-12H2,1-6H3,(H,24,26)/t15-,16?,18?/m0/s1. The highest BCUT2D eigenvalue weighted by Crippen LogP contribution is 2.52. The van der Waals surface area contributed by atoms with Crippen LogP contribution < -0.4 is 10.1 Å². The van der Waals surface area contributed by atoms with Gasteiger partial charge in [0.25, 0.3) is 0 Å². The van der Waals surface area contributed by atoms with Crippen molar-refractivity contribution >= 4 is 12.0 Å². The van der Waals surface area contributed by atoms with E-state index in [0.29, 0.717) is 24.4 Å². The fourth-order valence-corrected chi connectivity index (χ4v) is 3.88. The number of aryl methyl sites for hydroxylation is 1. The lowest BCUT2D eigenvalue weighted by Gasteiger charge is -2.28. The van der Waals surface area contributed by atoms with Crippen molar-refractivity contribution in [3.8, 4) is 5.75 Å². The van der Waals surface area contributed by atoms with Gasteiger partial charge in [-0.05, 0) is 77.1 Å². The van der Waals surface area contributed by atoms with Crippen LogP contribution >= 0.6 is 0 Å². The second kappa shape index (κ2) is 7.50. The monoisotopic (exact) mass is 406 g/mol. The molecular formula is C22H31FN2O4. The van der Waals surface area contributed by atoms with Gasteiger partial charge in [0.15, 0.2) is 0 Å². The number of likely N-dealkylation sites (tertiary alicyclic amines) is 1. The number of hydrogen-bond donors (Lipinski definition) is 1. The highest BCUT2D eigenvalue weighted by Gasteiger charge is 2.61. The molecule has 2 aliphatic rings. The first-order valence-electron chi connectivity index (χ1n) is 10.1. The van der Waals surface area contributed by atoms with E-state index in [0.717, 1.165) is 0 Å². The van der Waals surface area contributed by atoms with Gasteiger partial charge in [-0.1, -0.05) is 0 Å². The number of fused-ring (bicyclic) bond motifs is 1. The summed E-state index contributed by atoms with van der Waals surface area (Å²) < 4.78 is 24.4. The minimum absolute atomic E-state index is 0.00623. The molecule has 1 aliphatic carbocycles. The van der Waals surface area contributed by atoms with E-state index in [4.69, 9.17) is 9.47 Å². The van der Waals surface area contributed by atoms with Gasteiger partial charge in [0.2, 0.25) is 5.91 Å². The van der Waals surface area contributed by atoms with E-state index in [1.807, 2.05) is 34.6 Å². The zero-order chi connectivity index (χ0) is 21.6. The van der Waals surface area contributed by atoms with Crippen molar-refractivity contribution in [2.24, 2.45) is 17.8 Å². The van der Waals surface area contributed by atoms with E-state index in [1.54, 1.807) is 17.9 Å². The summed E-state index contributed by atoms with van der Waals surface area (Å²) in [6.07, 6.45) is -0.313. The highest BCUT2D eigenvalue weighted by atomic mass is 19.1. The maximum absolute atomic E-state index is 13.2. The van der Waals surface area contributed by atoms with E-state index < -0.39 is 11.1 Å². The molecule has 1 aromatic carbocycles. The molecule has 1 aliphatic heterocycles. The molecule has 7 heteroatoms. The molecule has 0 spiro atoms. The second-order valence-corrected chi connectivity index (χ2v) is 9.81. The smallest absolute Gasteiger partial charge is 0.410 e. The van der Waals surface area contributed by atoms with Crippen LogP contribution in [0.1, 0.15) is 40.2 Å². The minimum atomic E-state index is -0.570. The Bertz CT molecular complexity index is 790. The minimum Gasteiger partial charge on any atom is -0.491 e. The van der Waals surface area contributed by atoms with Crippen molar-refractivity contribution in [2.75, 3.05) is 19.7 Å². The molecule has 3 rings (SSSR count). The fraction of sp³-hybridized carbons (Fsp3) is 0.636. The molecule has 6 nitrogen and oxygen atoms in total. The number of nitrogens with one attached hydrogen (secondary N) is 1. The molecule has 160 valence electrons. The molecule has 2 unspecified atom stereocenters. The van der Waals surface area contributed by atoms with Gasteiger partial charge in [0, 0.05) is 19.0 Å². The number of nitrogens with zero attached hydrogens (tertiary/aromatic N) is 1. The number of piperidine rings is 1. The van der Waals surface area contributed by atoms with Crippen LogP contribution in [0.3, 0.4) is 0 Å². The van der Waals surface area contributed by atoms with Crippen molar-refractivity contribution in [3.63, 3.8) is 0 Å². The molecule has 1 saturated heterocycles. The SMILES string of the molecule is Cc1cc(F)ccc1OCC(C)(C)NC(=O)C1C2CN(C(=O)OC(C)(C)C)C[C@@H]21. The lowest BCUT2D eigenvalue weighted by atomic mass is 10.1. The first-order valence-corrected chi connectivity index (χ1v) is 10.1. The van der Waals surface area contributed by atoms with Crippen LogP contribution in [0, 0.1) is 30.5 Å².